The third-order valence-corrected chi connectivity index (χ3v) is 5.80. The molecule has 3 heterocycles. The number of carbonyl (C=O) groups is 1. The van der Waals surface area contributed by atoms with Crippen LogP contribution in [-0.2, 0) is 5.41 Å². The SMILES string of the molecule is Cc1ccc(-c2noc(C3(CCN)CC3)n2)cc1NC(=O)c1cnc2ccc(F)cn12. The number of imidazole rings is 1. The summed E-state index contributed by atoms with van der Waals surface area (Å²) in [4.78, 5) is 21.6. The molecule has 0 atom stereocenters. The van der Waals surface area contributed by atoms with E-state index in [1.54, 1.807) is 6.07 Å². The number of nitrogens with two attached hydrogens (primary N) is 1. The van der Waals surface area contributed by atoms with Crippen molar-refractivity contribution in [3.8, 4) is 11.4 Å². The molecule has 1 aromatic carbocycles. The van der Waals surface area contributed by atoms with Crippen molar-refractivity contribution in [1.29, 1.82) is 0 Å². The molecule has 5 rings (SSSR count). The minimum absolute atomic E-state index is 0.0833. The van der Waals surface area contributed by atoms with Gasteiger partial charge in [0.05, 0.1) is 11.6 Å². The van der Waals surface area contributed by atoms with Gasteiger partial charge in [-0.2, -0.15) is 4.98 Å². The molecule has 0 aliphatic heterocycles. The van der Waals surface area contributed by atoms with Crippen LogP contribution in [-0.4, -0.2) is 32.0 Å². The van der Waals surface area contributed by atoms with Gasteiger partial charge in [0.2, 0.25) is 11.7 Å². The van der Waals surface area contributed by atoms with Crippen LogP contribution in [0.3, 0.4) is 0 Å². The van der Waals surface area contributed by atoms with Gasteiger partial charge in [-0.3, -0.25) is 9.20 Å². The molecular weight excluding hydrogens is 399 g/mol. The summed E-state index contributed by atoms with van der Waals surface area (Å²) in [7, 11) is 0. The van der Waals surface area contributed by atoms with Crippen molar-refractivity contribution >= 4 is 17.2 Å². The largest absolute Gasteiger partial charge is 0.338 e. The average molecular weight is 420 g/mol. The molecule has 4 aromatic rings. The standard InChI is InChI=1S/C22H21FN6O2/c1-13-2-3-14(19-27-21(31-28-19)22(6-7-22)8-9-24)10-16(13)26-20(30)17-11-25-18-5-4-15(23)12-29(17)18/h2-5,10-12H,6-9,24H2,1H3,(H,26,30). The van der Waals surface area contributed by atoms with Crippen molar-refractivity contribution in [3.05, 3.63) is 65.7 Å². The second-order valence-electron chi connectivity index (χ2n) is 7.94. The number of hydrogen-bond acceptors (Lipinski definition) is 6. The maximum Gasteiger partial charge on any atom is 0.274 e. The zero-order chi connectivity index (χ0) is 21.6. The van der Waals surface area contributed by atoms with Crippen molar-refractivity contribution in [1.82, 2.24) is 19.5 Å². The van der Waals surface area contributed by atoms with E-state index >= 15 is 0 Å². The first-order valence-corrected chi connectivity index (χ1v) is 10.1. The van der Waals surface area contributed by atoms with E-state index in [0.29, 0.717) is 29.6 Å². The molecule has 1 fully saturated rings. The van der Waals surface area contributed by atoms with Crippen molar-refractivity contribution in [2.45, 2.75) is 31.6 Å². The van der Waals surface area contributed by atoms with Gasteiger partial charge in [-0.25, -0.2) is 9.37 Å². The normalized spacial score (nSPS) is 14.7. The summed E-state index contributed by atoms with van der Waals surface area (Å²) in [6, 6.07) is 8.38. The maximum absolute atomic E-state index is 13.6. The predicted molar refractivity (Wildman–Crippen MR) is 112 cm³/mol. The Morgan fingerprint density at radius 1 is 1.32 bits per heavy atom. The molecular formula is C22H21FN6O2. The molecule has 0 bridgehead atoms. The molecule has 3 N–H and O–H groups in total. The fourth-order valence-electron chi connectivity index (χ4n) is 3.76. The van der Waals surface area contributed by atoms with Crippen LogP contribution in [0.25, 0.3) is 17.0 Å². The third kappa shape index (κ3) is 3.46. The number of benzene rings is 1. The number of halogens is 1. The van der Waals surface area contributed by atoms with E-state index < -0.39 is 11.7 Å². The summed E-state index contributed by atoms with van der Waals surface area (Å²) in [6.45, 7) is 2.46. The maximum atomic E-state index is 13.6. The second kappa shape index (κ2) is 7.28. The monoisotopic (exact) mass is 420 g/mol. The van der Waals surface area contributed by atoms with Gasteiger partial charge in [0.15, 0.2) is 0 Å². The minimum Gasteiger partial charge on any atom is -0.338 e. The molecule has 0 spiro atoms. The lowest BCUT2D eigenvalue weighted by molar-refractivity contribution is 0.102. The van der Waals surface area contributed by atoms with Gasteiger partial charge in [-0.1, -0.05) is 17.3 Å². The third-order valence-electron chi connectivity index (χ3n) is 5.80. The topological polar surface area (TPSA) is 111 Å². The molecule has 1 aliphatic rings. The Kier molecular flexibility index (Phi) is 4.55. The lowest BCUT2D eigenvalue weighted by Crippen LogP contribution is -2.15. The van der Waals surface area contributed by atoms with Crippen molar-refractivity contribution < 1.29 is 13.7 Å². The molecule has 0 saturated heterocycles. The smallest absolute Gasteiger partial charge is 0.274 e. The van der Waals surface area contributed by atoms with Crippen LogP contribution in [0.1, 0.15) is 41.2 Å². The Morgan fingerprint density at radius 2 is 2.16 bits per heavy atom. The highest BCUT2D eigenvalue weighted by Gasteiger charge is 2.48. The number of pyridine rings is 1. The first kappa shape index (κ1) is 19.4. The molecule has 0 unspecified atom stereocenters. The summed E-state index contributed by atoms with van der Waals surface area (Å²) >= 11 is 0. The molecule has 1 saturated carbocycles. The van der Waals surface area contributed by atoms with Crippen LogP contribution in [0.15, 0.2) is 47.2 Å². The van der Waals surface area contributed by atoms with Gasteiger partial charge in [0.1, 0.15) is 17.2 Å². The average Bonchev–Trinajstić information content (AvgIpc) is 3.18. The van der Waals surface area contributed by atoms with E-state index in [2.05, 4.69) is 20.4 Å². The van der Waals surface area contributed by atoms with Gasteiger partial charge in [-0.15, -0.1) is 0 Å². The van der Waals surface area contributed by atoms with E-state index in [-0.39, 0.29) is 11.1 Å². The van der Waals surface area contributed by atoms with Crippen LogP contribution >= 0.6 is 0 Å². The Hall–Kier alpha value is -3.59. The van der Waals surface area contributed by atoms with Gasteiger partial charge < -0.3 is 15.6 Å². The van der Waals surface area contributed by atoms with E-state index in [4.69, 9.17) is 10.3 Å². The van der Waals surface area contributed by atoms with Gasteiger partial charge in [0, 0.05) is 17.4 Å². The number of hydrogen-bond donors (Lipinski definition) is 2. The minimum atomic E-state index is -0.450. The number of aromatic nitrogens is 4. The number of amides is 1. The summed E-state index contributed by atoms with van der Waals surface area (Å²) in [5.74, 6) is 0.235. The zero-order valence-corrected chi connectivity index (χ0v) is 16.9. The van der Waals surface area contributed by atoms with Gasteiger partial charge in [0.25, 0.3) is 5.91 Å². The number of nitrogens with one attached hydrogen (secondary N) is 1. The highest BCUT2D eigenvalue weighted by atomic mass is 19.1. The molecule has 0 radical (unpaired) electrons. The van der Waals surface area contributed by atoms with Crippen molar-refractivity contribution in [2.75, 3.05) is 11.9 Å². The molecule has 1 aliphatic carbocycles. The summed E-state index contributed by atoms with van der Waals surface area (Å²) < 4.78 is 20.6. The number of anilines is 1. The van der Waals surface area contributed by atoms with E-state index in [0.717, 1.165) is 30.4 Å². The molecule has 1 amide bonds. The fraction of sp³-hybridized carbons (Fsp3) is 0.273. The second-order valence-corrected chi connectivity index (χ2v) is 7.94. The van der Waals surface area contributed by atoms with Crippen molar-refractivity contribution in [3.63, 3.8) is 0 Å². The predicted octanol–water partition coefficient (Wildman–Crippen LogP) is 3.46. The van der Waals surface area contributed by atoms with Crippen molar-refractivity contribution in [2.24, 2.45) is 5.73 Å². The summed E-state index contributed by atoms with van der Waals surface area (Å²) in [6.07, 6.45) is 5.48. The fourth-order valence-corrected chi connectivity index (χ4v) is 3.76. The lowest BCUT2D eigenvalue weighted by atomic mass is 10.0. The summed E-state index contributed by atoms with van der Waals surface area (Å²) in [5.41, 5.74) is 8.55. The number of fused-ring (bicyclic) bond motifs is 1. The van der Waals surface area contributed by atoms with Crippen LogP contribution < -0.4 is 11.1 Å². The number of carbonyl (C=O) groups excluding carboxylic acids is 1. The summed E-state index contributed by atoms with van der Waals surface area (Å²) in [5, 5.41) is 7.01. The zero-order valence-electron chi connectivity index (χ0n) is 16.9. The molecule has 158 valence electrons. The quantitative estimate of drug-likeness (QED) is 0.494. The highest BCUT2D eigenvalue weighted by Crippen LogP contribution is 2.50. The molecule has 3 aromatic heterocycles. The van der Waals surface area contributed by atoms with E-state index in [1.165, 1.54) is 28.9 Å². The number of rotatable bonds is 6. The highest BCUT2D eigenvalue weighted by molar-refractivity contribution is 6.04. The van der Waals surface area contributed by atoms with Crippen LogP contribution in [0.4, 0.5) is 10.1 Å². The molecule has 9 heteroatoms. The Labute approximate surface area is 177 Å². The molecule has 8 nitrogen and oxygen atoms in total. The van der Waals surface area contributed by atoms with Gasteiger partial charge >= 0.3 is 0 Å². The van der Waals surface area contributed by atoms with Gasteiger partial charge in [-0.05, 0) is 56.5 Å². The van der Waals surface area contributed by atoms with Crippen LogP contribution in [0.5, 0.6) is 0 Å². The van der Waals surface area contributed by atoms with E-state index in [9.17, 15) is 9.18 Å². The number of aryl methyl sites for hydroxylation is 1. The van der Waals surface area contributed by atoms with Crippen LogP contribution in [0, 0.1) is 12.7 Å². The number of nitrogens with zero attached hydrogens (tertiary/aromatic N) is 4. The van der Waals surface area contributed by atoms with E-state index in [1.807, 2.05) is 19.1 Å². The Bertz CT molecular complexity index is 1290. The first-order chi connectivity index (χ1) is 15.0. The molecule has 31 heavy (non-hydrogen) atoms. The first-order valence-electron chi connectivity index (χ1n) is 10.1. The van der Waals surface area contributed by atoms with Crippen LogP contribution in [0.2, 0.25) is 0 Å². The Balaban J connectivity index is 1.42. The Morgan fingerprint density at radius 3 is 2.94 bits per heavy atom. The lowest BCUT2D eigenvalue weighted by Gasteiger charge is -2.10.